The lowest BCUT2D eigenvalue weighted by molar-refractivity contribution is 0.0784. The lowest BCUT2D eigenvalue weighted by Gasteiger charge is -2.17. The second-order valence-electron chi connectivity index (χ2n) is 7.53. The Morgan fingerprint density at radius 1 is 1.15 bits per heavy atom. The molecule has 2 aromatic rings. The molecule has 1 aromatic carbocycles. The zero-order valence-electron chi connectivity index (χ0n) is 16.0. The van der Waals surface area contributed by atoms with Crippen molar-refractivity contribution in [1.29, 1.82) is 0 Å². The van der Waals surface area contributed by atoms with E-state index in [4.69, 9.17) is 0 Å². The minimum atomic E-state index is 0.131. The molecule has 1 amide bonds. The maximum Gasteiger partial charge on any atom is 0.253 e. The molecular formula is C22H26N4O. The maximum absolute atomic E-state index is 13.1. The number of hydrogen-bond donors (Lipinski definition) is 0. The summed E-state index contributed by atoms with van der Waals surface area (Å²) in [4.78, 5) is 25.9. The second-order valence-corrected chi connectivity index (χ2v) is 7.53. The van der Waals surface area contributed by atoms with Crippen LogP contribution in [-0.4, -0.2) is 47.5 Å². The largest absolute Gasteiger partial charge is 0.360 e. The van der Waals surface area contributed by atoms with E-state index in [1.165, 1.54) is 0 Å². The minimum Gasteiger partial charge on any atom is -0.360 e. The van der Waals surface area contributed by atoms with Crippen LogP contribution in [0.15, 0.2) is 48.8 Å². The van der Waals surface area contributed by atoms with Crippen molar-refractivity contribution in [2.24, 2.45) is 11.8 Å². The van der Waals surface area contributed by atoms with Gasteiger partial charge in [-0.25, -0.2) is 9.97 Å². The van der Waals surface area contributed by atoms with Gasteiger partial charge in [0.15, 0.2) is 0 Å². The molecule has 5 nitrogen and oxygen atoms in total. The molecule has 0 unspecified atom stereocenters. The average molecular weight is 362 g/mol. The highest BCUT2D eigenvalue weighted by atomic mass is 16.2. The number of carbonyl (C=O) groups is 1. The van der Waals surface area contributed by atoms with Gasteiger partial charge in [0.25, 0.3) is 5.91 Å². The Labute approximate surface area is 160 Å². The Morgan fingerprint density at radius 2 is 1.89 bits per heavy atom. The average Bonchev–Trinajstić information content (AvgIpc) is 3.17. The van der Waals surface area contributed by atoms with Crippen LogP contribution in [0.3, 0.4) is 0 Å². The first-order chi connectivity index (χ1) is 13.2. The van der Waals surface area contributed by atoms with E-state index in [1.54, 1.807) is 6.33 Å². The summed E-state index contributed by atoms with van der Waals surface area (Å²) in [5, 5.41) is 0. The predicted octanol–water partition coefficient (Wildman–Crippen LogP) is 3.64. The van der Waals surface area contributed by atoms with Gasteiger partial charge >= 0.3 is 0 Å². The van der Waals surface area contributed by atoms with Crippen molar-refractivity contribution < 1.29 is 4.79 Å². The Bertz CT molecular complexity index is 847. The van der Waals surface area contributed by atoms with Crippen LogP contribution in [0, 0.1) is 11.8 Å². The number of benzene rings is 1. The lowest BCUT2D eigenvalue weighted by Crippen LogP contribution is -2.29. The SMILES string of the molecule is CCN(C)c1cc(-c2cccc(C(=O)N3C[C@H]4CC=CC[C@H]4C3)c2)ncn1. The highest BCUT2D eigenvalue weighted by Gasteiger charge is 2.35. The molecule has 1 saturated heterocycles. The van der Waals surface area contributed by atoms with E-state index in [0.717, 1.165) is 55.1 Å². The van der Waals surface area contributed by atoms with E-state index in [9.17, 15) is 4.79 Å². The fourth-order valence-corrected chi connectivity index (χ4v) is 4.05. The van der Waals surface area contributed by atoms with Crippen LogP contribution >= 0.6 is 0 Å². The van der Waals surface area contributed by atoms with Gasteiger partial charge in [-0.3, -0.25) is 4.79 Å². The third-order valence-corrected chi connectivity index (χ3v) is 5.83. The number of aromatic nitrogens is 2. The smallest absolute Gasteiger partial charge is 0.253 e. The molecule has 1 aliphatic carbocycles. The summed E-state index contributed by atoms with van der Waals surface area (Å²) >= 11 is 0. The van der Waals surface area contributed by atoms with E-state index in [0.29, 0.717) is 11.8 Å². The van der Waals surface area contributed by atoms with E-state index in [1.807, 2.05) is 42.3 Å². The Balaban J connectivity index is 1.55. The van der Waals surface area contributed by atoms with Crippen LogP contribution in [0.1, 0.15) is 30.1 Å². The van der Waals surface area contributed by atoms with Gasteiger partial charge in [-0.15, -0.1) is 0 Å². The normalized spacial score (nSPS) is 21.2. The molecule has 1 aromatic heterocycles. The molecule has 0 bridgehead atoms. The highest BCUT2D eigenvalue weighted by molar-refractivity contribution is 5.95. The van der Waals surface area contributed by atoms with E-state index >= 15 is 0 Å². The molecular weight excluding hydrogens is 336 g/mol. The summed E-state index contributed by atoms with van der Waals surface area (Å²) in [7, 11) is 2.01. The number of nitrogens with zero attached hydrogens (tertiary/aromatic N) is 4. The van der Waals surface area contributed by atoms with Crippen molar-refractivity contribution in [1.82, 2.24) is 14.9 Å². The molecule has 0 spiro atoms. The first-order valence-corrected chi connectivity index (χ1v) is 9.73. The van der Waals surface area contributed by atoms with Crippen molar-refractivity contribution in [3.63, 3.8) is 0 Å². The molecule has 0 radical (unpaired) electrons. The number of rotatable bonds is 4. The summed E-state index contributed by atoms with van der Waals surface area (Å²) in [5.74, 6) is 2.26. The van der Waals surface area contributed by atoms with Crippen molar-refractivity contribution in [2.75, 3.05) is 31.6 Å². The molecule has 4 rings (SSSR count). The number of allylic oxidation sites excluding steroid dienone is 2. The topological polar surface area (TPSA) is 49.3 Å². The van der Waals surface area contributed by atoms with Crippen molar-refractivity contribution in [3.8, 4) is 11.3 Å². The molecule has 5 heteroatoms. The second kappa shape index (κ2) is 7.51. The van der Waals surface area contributed by atoms with Gasteiger partial charge < -0.3 is 9.80 Å². The van der Waals surface area contributed by atoms with Gasteiger partial charge in [-0.2, -0.15) is 0 Å². The number of carbonyl (C=O) groups excluding carboxylic acids is 1. The summed E-state index contributed by atoms with van der Waals surface area (Å²) < 4.78 is 0. The Morgan fingerprint density at radius 3 is 2.59 bits per heavy atom. The molecule has 2 aliphatic rings. The Kier molecular flexibility index (Phi) is 4.92. The quantitative estimate of drug-likeness (QED) is 0.779. The fraction of sp³-hybridized carbons (Fsp3) is 0.409. The van der Waals surface area contributed by atoms with E-state index in [-0.39, 0.29) is 5.91 Å². The van der Waals surface area contributed by atoms with Gasteiger partial charge in [0, 0.05) is 43.9 Å². The van der Waals surface area contributed by atoms with Gasteiger partial charge in [-0.05, 0) is 43.7 Å². The van der Waals surface area contributed by atoms with Crippen LogP contribution in [0.2, 0.25) is 0 Å². The number of fused-ring (bicyclic) bond motifs is 1. The van der Waals surface area contributed by atoms with Gasteiger partial charge in [0.1, 0.15) is 12.1 Å². The van der Waals surface area contributed by atoms with Gasteiger partial charge in [0.05, 0.1) is 5.69 Å². The highest BCUT2D eigenvalue weighted by Crippen LogP contribution is 2.33. The summed E-state index contributed by atoms with van der Waals surface area (Å²) in [6.07, 6.45) is 8.31. The third-order valence-electron chi connectivity index (χ3n) is 5.83. The number of hydrogen-bond acceptors (Lipinski definition) is 4. The van der Waals surface area contributed by atoms with Crippen LogP contribution < -0.4 is 4.90 Å². The molecule has 2 heterocycles. The third kappa shape index (κ3) is 3.59. The number of likely N-dealkylation sites (tertiary alicyclic amines) is 1. The predicted molar refractivity (Wildman–Crippen MR) is 108 cm³/mol. The molecule has 27 heavy (non-hydrogen) atoms. The standard InChI is InChI=1S/C22H26N4O/c1-3-25(2)21-12-20(23-15-24-21)16-9-6-10-17(11-16)22(27)26-13-18-7-4-5-8-19(18)14-26/h4-6,9-12,15,18-19H,3,7-8,13-14H2,1-2H3/t18-,19+. The molecule has 0 saturated carbocycles. The fourth-order valence-electron chi connectivity index (χ4n) is 4.05. The summed E-state index contributed by atoms with van der Waals surface area (Å²) in [5.41, 5.74) is 2.53. The first kappa shape index (κ1) is 17.7. The maximum atomic E-state index is 13.1. The van der Waals surface area contributed by atoms with Gasteiger partial charge in [-0.1, -0.05) is 24.3 Å². The summed E-state index contributed by atoms with van der Waals surface area (Å²) in [6, 6.07) is 9.79. The van der Waals surface area contributed by atoms with E-state index < -0.39 is 0 Å². The molecule has 2 atom stereocenters. The van der Waals surface area contributed by atoms with Crippen LogP contribution in [0.5, 0.6) is 0 Å². The van der Waals surface area contributed by atoms with Gasteiger partial charge in [0.2, 0.25) is 0 Å². The lowest BCUT2D eigenvalue weighted by atomic mass is 9.86. The minimum absolute atomic E-state index is 0.131. The van der Waals surface area contributed by atoms with Crippen LogP contribution in [0.25, 0.3) is 11.3 Å². The van der Waals surface area contributed by atoms with Crippen LogP contribution in [0.4, 0.5) is 5.82 Å². The van der Waals surface area contributed by atoms with Crippen molar-refractivity contribution in [3.05, 3.63) is 54.4 Å². The molecule has 140 valence electrons. The molecule has 1 aliphatic heterocycles. The number of anilines is 1. The van der Waals surface area contributed by atoms with E-state index in [2.05, 4.69) is 33.9 Å². The molecule has 1 fully saturated rings. The monoisotopic (exact) mass is 362 g/mol. The summed E-state index contributed by atoms with van der Waals surface area (Å²) in [6.45, 7) is 4.71. The zero-order chi connectivity index (χ0) is 18.8. The number of amides is 1. The Hall–Kier alpha value is -2.69. The zero-order valence-corrected chi connectivity index (χ0v) is 16.0. The molecule has 0 N–H and O–H groups in total. The van der Waals surface area contributed by atoms with Crippen molar-refractivity contribution in [2.45, 2.75) is 19.8 Å². The van der Waals surface area contributed by atoms with Crippen LogP contribution in [-0.2, 0) is 0 Å². The first-order valence-electron chi connectivity index (χ1n) is 9.73. The van der Waals surface area contributed by atoms with Crippen molar-refractivity contribution >= 4 is 11.7 Å².